The van der Waals surface area contributed by atoms with Crippen molar-refractivity contribution in [1.82, 2.24) is 14.5 Å². The maximum atomic E-state index is 9.04. The summed E-state index contributed by atoms with van der Waals surface area (Å²) in [5.74, 6) is 0.722. The molecule has 0 fully saturated rings. The second-order valence-electron chi connectivity index (χ2n) is 4.73. The highest BCUT2D eigenvalue weighted by Gasteiger charge is 2.20. The van der Waals surface area contributed by atoms with Gasteiger partial charge in [0, 0.05) is 12.7 Å². The van der Waals surface area contributed by atoms with Gasteiger partial charge in [-0.15, -0.1) is 0 Å². The quantitative estimate of drug-likeness (QED) is 0.791. The maximum absolute atomic E-state index is 9.04. The van der Waals surface area contributed by atoms with Gasteiger partial charge in [-0.2, -0.15) is 5.26 Å². The third-order valence-corrected chi connectivity index (χ3v) is 3.47. The standard InChI is InChI=1S/C16H15N5/c17-9-8-16-20-13-6-1-2-7-14(13)21(16)15(11-18)12-5-3-4-10-19-12/h1-7,10,15H,8,11,18H2. The molecule has 1 atom stereocenters. The summed E-state index contributed by atoms with van der Waals surface area (Å²) in [6.07, 6.45) is 2.00. The number of hydrogen-bond acceptors (Lipinski definition) is 4. The molecule has 2 N–H and O–H groups in total. The number of hydrogen-bond donors (Lipinski definition) is 1. The number of benzene rings is 1. The van der Waals surface area contributed by atoms with Gasteiger partial charge < -0.3 is 10.3 Å². The number of fused-ring (bicyclic) bond motifs is 1. The van der Waals surface area contributed by atoms with E-state index in [0.29, 0.717) is 6.54 Å². The molecule has 0 bridgehead atoms. The first-order valence-corrected chi connectivity index (χ1v) is 6.79. The molecule has 0 aliphatic carbocycles. The highest BCUT2D eigenvalue weighted by molar-refractivity contribution is 5.76. The minimum Gasteiger partial charge on any atom is -0.328 e. The molecule has 21 heavy (non-hydrogen) atoms. The summed E-state index contributed by atoms with van der Waals surface area (Å²) in [6.45, 7) is 0.399. The van der Waals surface area contributed by atoms with Crippen LogP contribution in [0.1, 0.15) is 17.6 Å². The van der Waals surface area contributed by atoms with E-state index in [1.54, 1.807) is 6.20 Å². The van der Waals surface area contributed by atoms with Crippen molar-refractivity contribution in [2.45, 2.75) is 12.5 Å². The largest absolute Gasteiger partial charge is 0.328 e. The molecule has 5 nitrogen and oxygen atoms in total. The van der Waals surface area contributed by atoms with Crippen LogP contribution < -0.4 is 5.73 Å². The van der Waals surface area contributed by atoms with Gasteiger partial charge in [0.2, 0.25) is 0 Å². The summed E-state index contributed by atoms with van der Waals surface area (Å²) in [4.78, 5) is 8.96. The van der Waals surface area contributed by atoms with Crippen molar-refractivity contribution < 1.29 is 0 Å². The number of nitrogens with two attached hydrogens (primary N) is 1. The van der Waals surface area contributed by atoms with Gasteiger partial charge in [-0.25, -0.2) is 4.98 Å². The summed E-state index contributed by atoms with van der Waals surface area (Å²) >= 11 is 0. The Bertz CT molecular complexity index is 785. The van der Waals surface area contributed by atoms with Crippen LogP contribution in [0.15, 0.2) is 48.7 Å². The number of nitriles is 1. The minimum atomic E-state index is -0.123. The van der Waals surface area contributed by atoms with Crippen molar-refractivity contribution >= 4 is 11.0 Å². The van der Waals surface area contributed by atoms with E-state index in [-0.39, 0.29) is 12.5 Å². The van der Waals surface area contributed by atoms with Crippen molar-refractivity contribution in [2.75, 3.05) is 6.54 Å². The van der Waals surface area contributed by atoms with Gasteiger partial charge in [0.15, 0.2) is 0 Å². The zero-order valence-electron chi connectivity index (χ0n) is 11.5. The van der Waals surface area contributed by atoms with Crippen molar-refractivity contribution in [1.29, 1.82) is 5.26 Å². The molecule has 3 rings (SSSR count). The number of pyridine rings is 1. The van der Waals surface area contributed by atoms with Crippen LogP contribution in [0, 0.1) is 11.3 Å². The molecule has 3 aromatic rings. The average Bonchev–Trinajstić information content (AvgIpc) is 2.88. The lowest BCUT2D eigenvalue weighted by molar-refractivity contribution is 0.574. The Labute approximate surface area is 122 Å². The number of nitrogens with zero attached hydrogens (tertiary/aromatic N) is 4. The molecule has 0 saturated heterocycles. The van der Waals surface area contributed by atoms with E-state index in [4.69, 9.17) is 11.0 Å². The Hall–Kier alpha value is -2.71. The topological polar surface area (TPSA) is 80.5 Å². The molecule has 1 aromatic carbocycles. The van der Waals surface area contributed by atoms with E-state index in [9.17, 15) is 0 Å². The van der Waals surface area contributed by atoms with Crippen LogP contribution >= 0.6 is 0 Å². The second-order valence-corrected chi connectivity index (χ2v) is 4.73. The van der Waals surface area contributed by atoms with Crippen LogP contribution in [0.3, 0.4) is 0 Å². The van der Waals surface area contributed by atoms with Crippen molar-refractivity contribution in [3.8, 4) is 6.07 Å². The lowest BCUT2D eigenvalue weighted by atomic mass is 10.1. The third-order valence-electron chi connectivity index (χ3n) is 3.47. The van der Waals surface area contributed by atoms with E-state index in [2.05, 4.69) is 16.0 Å². The zero-order valence-corrected chi connectivity index (χ0v) is 11.5. The highest BCUT2D eigenvalue weighted by atomic mass is 15.1. The van der Waals surface area contributed by atoms with Gasteiger partial charge in [-0.3, -0.25) is 4.98 Å². The fourth-order valence-corrected chi connectivity index (χ4v) is 2.57. The van der Waals surface area contributed by atoms with Crippen LogP contribution in [0.4, 0.5) is 0 Å². The van der Waals surface area contributed by atoms with Gasteiger partial charge in [0.25, 0.3) is 0 Å². The number of para-hydroxylation sites is 2. The predicted octanol–water partition coefficient (Wildman–Crippen LogP) is 2.05. The van der Waals surface area contributed by atoms with E-state index < -0.39 is 0 Å². The van der Waals surface area contributed by atoms with Gasteiger partial charge in [-0.05, 0) is 24.3 Å². The number of rotatable bonds is 4. The Morgan fingerprint density at radius 2 is 2.00 bits per heavy atom. The van der Waals surface area contributed by atoms with E-state index in [0.717, 1.165) is 22.6 Å². The molecule has 0 aliphatic heterocycles. The van der Waals surface area contributed by atoms with Gasteiger partial charge in [-0.1, -0.05) is 18.2 Å². The lowest BCUT2D eigenvalue weighted by Crippen LogP contribution is -2.23. The number of aromatic nitrogens is 3. The molecule has 5 heteroatoms. The van der Waals surface area contributed by atoms with E-state index in [1.165, 1.54) is 0 Å². The molecule has 0 spiro atoms. The molecule has 0 saturated carbocycles. The fourth-order valence-electron chi connectivity index (χ4n) is 2.57. The highest BCUT2D eigenvalue weighted by Crippen LogP contribution is 2.24. The Balaban J connectivity index is 2.21. The molecule has 2 heterocycles. The van der Waals surface area contributed by atoms with Gasteiger partial charge in [0.1, 0.15) is 5.82 Å². The van der Waals surface area contributed by atoms with E-state index >= 15 is 0 Å². The predicted molar refractivity (Wildman–Crippen MR) is 80.5 cm³/mol. The minimum absolute atomic E-state index is 0.123. The fraction of sp³-hybridized carbons (Fsp3) is 0.188. The van der Waals surface area contributed by atoms with Gasteiger partial charge in [0.05, 0.1) is 35.3 Å². The molecule has 104 valence electrons. The average molecular weight is 277 g/mol. The first-order chi connectivity index (χ1) is 10.3. The summed E-state index contributed by atoms with van der Waals surface area (Å²) in [6, 6.07) is 15.6. The smallest absolute Gasteiger partial charge is 0.124 e. The first-order valence-electron chi connectivity index (χ1n) is 6.79. The molecule has 1 unspecified atom stereocenters. The molecular formula is C16H15N5. The molecule has 0 radical (unpaired) electrons. The summed E-state index contributed by atoms with van der Waals surface area (Å²) < 4.78 is 2.03. The lowest BCUT2D eigenvalue weighted by Gasteiger charge is -2.19. The molecule has 0 aliphatic rings. The first kappa shape index (κ1) is 13.3. The Kier molecular flexibility index (Phi) is 3.63. The maximum Gasteiger partial charge on any atom is 0.124 e. The molecular weight excluding hydrogens is 262 g/mol. The SMILES string of the molecule is N#CCc1nc2ccccc2n1C(CN)c1ccccn1. The van der Waals surface area contributed by atoms with Crippen LogP contribution in [0.5, 0.6) is 0 Å². The molecule has 2 aromatic heterocycles. The van der Waals surface area contributed by atoms with Crippen LogP contribution in [-0.2, 0) is 6.42 Å². The van der Waals surface area contributed by atoms with Crippen molar-refractivity contribution in [2.24, 2.45) is 5.73 Å². The van der Waals surface area contributed by atoms with Gasteiger partial charge >= 0.3 is 0 Å². The van der Waals surface area contributed by atoms with Crippen LogP contribution in [-0.4, -0.2) is 21.1 Å². The normalized spacial score (nSPS) is 12.2. The third kappa shape index (κ3) is 2.37. The Morgan fingerprint density at radius 1 is 1.19 bits per heavy atom. The summed E-state index contributed by atoms with van der Waals surface area (Å²) in [5.41, 5.74) is 8.71. The summed E-state index contributed by atoms with van der Waals surface area (Å²) in [5, 5.41) is 9.04. The summed E-state index contributed by atoms with van der Waals surface area (Å²) in [7, 11) is 0. The molecule has 0 amide bonds. The van der Waals surface area contributed by atoms with Crippen LogP contribution in [0.25, 0.3) is 11.0 Å². The van der Waals surface area contributed by atoms with Crippen molar-refractivity contribution in [3.05, 3.63) is 60.2 Å². The zero-order chi connectivity index (χ0) is 14.7. The number of imidazole rings is 1. The van der Waals surface area contributed by atoms with E-state index in [1.807, 2.05) is 47.0 Å². The second kappa shape index (κ2) is 5.73. The Morgan fingerprint density at radius 3 is 2.71 bits per heavy atom. The van der Waals surface area contributed by atoms with Crippen molar-refractivity contribution in [3.63, 3.8) is 0 Å². The van der Waals surface area contributed by atoms with Crippen LogP contribution in [0.2, 0.25) is 0 Å². The monoisotopic (exact) mass is 277 g/mol.